The third-order valence-electron chi connectivity index (χ3n) is 4.39. The van der Waals surface area contributed by atoms with Crippen molar-refractivity contribution in [3.63, 3.8) is 0 Å². The van der Waals surface area contributed by atoms with Crippen LogP contribution in [0.3, 0.4) is 0 Å². The zero-order valence-electron chi connectivity index (χ0n) is 13.9. The monoisotopic (exact) mass is 346 g/mol. The number of nitrogens with two attached hydrogens (primary N) is 1. The number of anilines is 1. The molecule has 1 atom stereocenters. The van der Waals surface area contributed by atoms with E-state index >= 15 is 0 Å². The zero-order chi connectivity index (χ0) is 17.3. The van der Waals surface area contributed by atoms with Crippen LogP contribution in [-0.2, 0) is 16.4 Å². The second kappa shape index (κ2) is 6.45. The van der Waals surface area contributed by atoms with Crippen molar-refractivity contribution >= 4 is 15.7 Å². The topological polar surface area (TPSA) is 81.4 Å². The van der Waals surface area contributed by atoms with Crippen molar-refractivity contribution in [2.24, 2.45) is 0 Å². The maximum atomic E-state index is 12.9. The molecule has 24 heavy (non-hydrogen) atoms. The predicted molar refractivity (Wildman–Crippen MR) is 94.6 cm³/mol. The van der Waals surface area contributed by atoms with Gasteiger partial charge in [0.25, 0.3) is 0 Å². The molecule has 0 saturated heterocycles. The summed E-state index contributed by atoms with van der Waals surface area (Å²) < 4.78 is 33.9. The number of hydrogen-bond donors (Lipinski definition) is 2. The smallest absolute Gasteiger partial charge is 0.244 e. The second-order valence-electron chi connectivity index (χ2n) is 6.18. The van der Waals surface area contributed by atoms with E-state index in [1.165, 1.54) is 7.11 Å². The third-order valence-corrected chi connectivity index (χ3v) is 5.88. The number of hydrogen-bond acceptors (Lipinski definition) is 4. The van der Waals surface area contributed by atoms with E-state index in [0.717, 1.165) is 36.0 Å². The van der Waals surface area contributed by atoms with Gasteiger partial charge in [0, 0.05) is 11.7 Å². The van der Waals surface area contributed by atoms with Crippen molar-refractivity contribution in [2.45, 2.75) is 37.1 Å². The maximum absolute atomic E-state index is 12.9. The average molecular weight is 346 g/mol. The molecule has 0 saturated carbocycles. The summed E-state index contributed by atoms with van der Waals surface area (Å²) in [4.78, 5) is 0.174. The predicted octanol–water partition coefficient (Wildman–Crippen LogP) is 2.94. The molecule has 1 aliphatic carbocycles. The number of fused-ring (bicyclic) bond motifs is 1. The Kier molecular flexibility index (Phi) is 4.51. The Labute approximate surface area is 142 Å². The Morgan fingerprint density at radius 2 is 2.00 bits per heavy atom. The number of sulfonamides is 1. The van der Waals surface area contributed by atoms with Crippen molar-refractivity contribution in [3.05, 3.63) is 53.1 Å². The highest BCUT2D eigenvalue weighted by molar-refractivity contribution is 7.89. The van der Waals surface area contributed by atoms with Gasteiger partial charge in [0.1, 0.15) is 10.6 Å². The molecule has 6 heteroatoms. The number of methoxy groups -OCH3 is 1. The molecule has 0 heterocycles. The maximum Gasteiger partial charge on any atom is 0.244 e. The highest BCUT2D eigenvalue weighted by atomic mass is 32.2. The zero-order valence-corrected chi connectivity index (χ0v) is 14.7. The number of nitrogens with one attached hydrogen (secondary N) is 1. The molecule has 0 aromatic heterocycles. The molecule has 0 amide bonds. The first-order chi connectivity index (χ1) is 11.4. The quantitative estimate of drug-likeness (QED) is 0.834. The lowest BCUT2D eigenvalue weighted by molar-refractivity contribution is 0.401. The lowest BCUT2D eigenvalue weighted by Gasteiger charge is -2.27. The largest absolute Gasteiger partial charge is 0.495 e. The summed E-state index contributed by atoms with van der Waals surface area (Å²) in [5, 5.41) is 0. The first-order valence-electron chi connectivity index (χ1n) is 7.96. The van der Waals surface area contributed by atoms with E-state index in [1.54, 1.807) is 12.1 Å². The summed E-state index contributed by atoms with van der Waals surface area (Å²) in [6.07, 6.45) is 2.62. The standard InChI is InChI=1S/C18H22N2O3S/c1-12-6-9-17(23-2)18(10-12)24(21,22)20-16-5-3-4-13-11-14(19)7-8-15(13)16/h6-11,16,20H,3-5,19H2,1-2H3. The van der Waals surface area contributed by atoms with E-state index in [2.05, 4.69) is 4.72 Å². The fraction of sp³-hybridized carbons (Fsp3) is 0.333. The highest BCUT2D eigenvalue weighted by Gasteiger charge is 2.27. The summed E-state index contributed by atoms with van der Waals surface area (Å²) in [5.74, 6) is 0.349. The van der Waals surface area contributed by atoms with Gasteiger partial charge in [-0.2, -0.15) is 0 Å². The van der Waals surface area contributed by atoms with Gasteiger partial charge in [-0.1, -0.05) is 12.1 Å². The summed E-state index contributed by atoms with van der Waals surface area (Å²) in [7, 11) is -2.21. The second-order valence-corrected chi connectivity index (χ2v) is 7.86. The van der Waals surface area contributed by atoms with Crippen LogP contribution in [-0.4, -0.2) is 15.5 Å². The number of benzene rings is 2. The lowest BCUT2D eigenvalue weighted by Crippen LogP contribution is -2.31. The minimum atomic E-state index is -3.68. The van der Waals surface area contributed by atoms with Gasteiger partial charge in [0.2, 0.25) is 10.0 Å². The summed E-state index contributed by atoms with van der Waals surface area (Å²) >= 11 is 0. The normalized spacial score (nSPS) is 17.3. The van der Waals surface area contributed by atoms with E-state index in [4.69, 9.17) is 10.5 Å². The molecule has 2 aromatic carbocycles. The van der Waals surface area contributed by atoms with Crippen LogP contribution in [0.5, 0.6) is 5.75 Å². The molecule has 1 unspecified atom stereocenters. The number of rotatable bonds is 4. The molecule has 3 rings (SSSR count). The molecule has 5 nitrogen and oxygen atoms in total. The molecule has 0 bridgehead atoms. The minimum Gasteiger partial charge on any atom is -0.495 e. The van der Waals surface area contributed by atoms with Crippen LogP contribution in [0.15, 0.2) is 41.3 Å². The molecular formula is C18H22N2O3S. The van der Waals surface area contributed by atoms with Gasteiger partial charge in [-0.05, 0) is 67.1 Å². The summed E-state index contributed by atoms with van der Waals surface area (Å²) in [5.41, 5.74) is 9.54. The van der Waals surface area contributed by atoms with Crippen LogP contribution >= 0.6 is 0 Å². The number of ether oxygens (including phenoxy) is 1. The summed E-state index contributed by atoms with van der Waals surface area (Å²) in [6, 6.07) is 10.6. The molecule has 0 spiro atoms. The SMILES string of the molecule is COc1ccc(C)cc1S(=O)(=O)NC1CCCc2cc(N)ccc21. The van der Waals surface area contributed by atoms with E-state index < -0.39 is 10.0 Å². The lowest BCUT2D eigenvalue weighted by atomic mass is 9.88. The molecule has 128 valence electrons. The fourth-order valence-corrected chi connectivity index (χ4v) is 4.70. The van der Waals surface area contributed by atoms with Gasteiger partial charge >= 0.3 is 0 Å². The van der Waals surface area contributed by atoms with Crippen LogP contribution in [0, 0.1) is 6.92 Å². The van der Waals surface area contributed by atoms with Crippen molar-refractivity contribution < 1.29 is 13.2 Å². The number of nitrogen functional groups attached to an aromatic ring is 1. The first kappa shape index (κ1) is 16.8. The molecule has 0 radical (unpaired) electrons. The Morgan fingerprint density at radius 1 is 1.21 bits per heavy atom. The van der Waals surface area contributed by atoms with E-state index in [0.29, 0.717) is 11.4 Å². The van der Waals surface area contributed by atoms with Crippen LogP contribution in [0.25, 0.3) is 0 Å². The van der Waals surface area contributed by atoms with Crippen LogP contribution in [0.1, 0.15) is 35.6 Å². The molecule has 2 aromatic rings. The number of aryl methyl sites for hydroxylation is 2. The van der Waals surface area contributed by atoms with E-state index in [9.17, 15) is 8.42 Å². The van der Waals surface area contributed by atoms with Gasteiger partial charge in [-0.3, -0.25) is 0 Å². The Balaban J connectivity index is 1.96. The Hall–Kier alpha value is -2.05. The Bertz CT molecular complexity index is 863. The van der Waals surface area contributed by atoms with Crippen LogP contribution in [0.4, 0.5) is 5.69 Å². The summed E-state index contributed by atoms with van der Waals surface area (Å²) in [6.45, 7) is 1.86. The van der Waals surface area contributed by atoms with Gasteiger partial charge in [0.05, 0.1) is 7.11 Å². The van der Waals surface area contributed by atoms with Gasteiger partial charge in [-0.15, -0.1) is 0 Å². The Morgan fingerprint density at radius 3 is 2.75 bits per heavy atom. The highest BCUT2D eigenvalue weighted by Crippen LogP contribution is 2.33. The van der Waals surface area contributed by atoms with Crippen molar-refractivity contribution in [3.8, 4) is 5.75 Å². The first-order valence-corrected chi connectivity index (χ1v) is 9.44. The molecule has 1 aliphatic rings. The van der Waals surface area contributed by atoms with Gasteiger partial charge < -0.3 is 10.5 Å². The van der Waals surface area contributed by atoms with E-state index in [-0.39, 0.29) is 10.9 Å². The minimum absolute atomic E-state index is 0.174. The van der Waals surface area contributed by atoms with Crippen molar-refractivity contribution in [2.75, 3.05) is 12.8 Å². The fourth-order valence-electron chi connectivity index (χ4n) is 3.20. The van der Waals surface area contributed by atoms with Crippen LogP contribution < -0.4 is 15.2 Å². The van der Waals surface area contributed by atoms with Gasteiger partial charge in [-0.25, -0.2) is 13.1 Å². The molecule has 3 N–H and O–H groups in total. The van der Waals surface area contributed by atoms with Crippen molar-refractivity contribution in [1.82, 2.24) is 4.72 Å². The molecular weight excluding hydrogens is 324 g/mol. The van der Waals surface area contributed by atoms with Crippen molar-refractivity contribution in [1.29, 1.82) is 0 Å². The van der Waals surface area contributed by atoms with Gasteiger partial charge in [0.15, 0.2) is 0 Å². The molecule has 0 fully saturated rings. The van der Waals surface area contributed by atoms with E-state index in [1.807, 2.05) is 31.2 Å². The van der Waals surface area contributed by atoms with Crippen LogP contribution in [0.2, 0.25) is 0 Å². The molecule has 0 aliphatic heterocycles. The third kappa shape index (κ3) is 3.25. The average Bonchev–Trinajstić information content (AvgIpc) is 2.54.